The van der Waals surface area contributed by atoms with Crippen molar-refractivity contribution in [3.63, 3.8) is 0 Å². The molecule has 6 heteroatoms. The molecule has 1 aliphatic rings. The SMILES string of the molecule is COC(=O)CC(=O)NC1(C#N)CCC(OC)CC1. The minimum Gasteiger partial charge on any atom is -0.469 e. The van der Waals surface area contributed by atoms with Crippen LogP contribution in [0.5, 0.6) is 0 Å². The number of hydrogen-bond acceptors (Lipinski definition) is 5. The van der Waals surface area contributed by atoms with Gasteiger partial charge in [-0.15, -0.1) is 0 Å². The van der Waals surface area contributed by atoms with Crippen molar-refractivity contribution in [3.8, 4) is 6.07 Å². The highest BCUT2D eigenvalue weighted by Gasteiger charge is 2.37. The first-order valence-electron chi connectivity index (χ1n) is 5.87. The lowest BCUT2D eigenvalue weighted by Gasteiger charge is -2.34. The van der Waals surface area contributed by atoms with Crippen molar-refractivity contribution >= 4 is 11.9 Å². The first kappa shape index (κ1) is 14.5. The van der Waals surface area contributed by atoms with Gasteiger partial charge >= 0.3 is 5.97 Å². The second-order valence-electron chi connectivity index (χ2n) is 4.43. The van der Waals surface area contributed by atoms with Crippen LogP contribution in [0.2, 0.25) is 0 Å². The van der Waals surface area contributed by atoms with E-state index >= 15 is 0 Å². The summed E-state index contributed by atoms with van der Waals surface area (Å²) in [6.07, 6.45) is 2.31. The van der Waals surface area contributed by atoms with Crippen LogP contribution in [0.3, 0.4) is 0 Å². The minimum atomic E-state index is -0.875. The number of esters is 1. The van der Waals surface area contributed by atoms with Crippen LogP contribution in [-0.4, -0.2) is 37.7 Å². The maximum Gasteiger partial charge on any atom is 0.315 e. The number of amides is 1. The van der Waals surface area contributed by atoms with E-state index in [1.165, 1.54) is 7.11 Å². The molecule has 0 aliphatic heterocycles. The van der Waals surface area contributed by atoms with Crippen LogP contribution in [0.4, 0.5) is 0 Å². The molecular weight excluding hydrogens is 236 g/mol. The van der Waals surface area contributed by atoms with Crippen LogP contribution in [0, 0.1) is 11.3 Å². The number of nitrogens with one attached hydrogen (secondary N) is 1. The molecule has 0 radical (unpaired) electrons. The lowest BCUT2D eigenvalue weighted by molar-refractivity contribution is -0.144. The molecule has 100 valence electrons. The van der Waals surface area contributed by atoms with Crippen molar-refractivity contribution in [2.45, 2.75) is 43.7 Å². The molecule has 0 aromatic rings. The molecule has 0 bridgehead atoms. The highest BCUT2D eigenvalue weighted by atomic mass is 16.5. The van der Waals surface area contributed by atoms with Crippen LogP contribution >= 0.6 is 0 Å². The summed E-state index contributed by atoms with van der Waals surface area (Å²) >= 11 is 0. The molecule has 1 aliphatic carbocycles. The summed E-state index contributed by atoms with van der Waals surface area (Å²) in [7, 11) is 2.86. The van der Waals surface area contributed by atoms with Crippen LogP contribution in [-0.2, 0) is 19.1 Å². The van der Waals surface area contributed by atoms with E-state index in [1.807, 2.05) is 0 Å². The smallest absolute Gasteiger partial charge is 0.315 e. The van der Waals surface area contributed by atoms with Gasteiger partial charge in [-0.05, 0) is 25.7 Å². The van der Waals surface area contributed by atoms with Crippen LogP contribution in [0.15, 0.2) is 0 Å². The molecule has 0 aromatic heterocycles. The van der Waals surface area contributed by atoms with Crippen LogP contribution < -0.4 is 5.32 Å². The molecule has 0 aromatic carbocycles. The summed E-state index contributed by atoms with van der Waals surface area (Å²) in [6, 6.07) is 2.14. The summed E-state index contributed by atoms with van der Waals surface area (Å²) in [5.41, 5.74) is -0.875. The normalized spacial score (nSPS) is 27.1. The minimum absolute atomic E-state index is 0.143. The van der Waals surface area contributed by atoms with Crippen molar-refractivity contribution in [2.75, 3.05) is 14.2 Å². The molecule has 0 heterocycles. The van der Waals surface area contributed by atoms with E-state index in [1.54, 1.807) is 7.11 Å². The zero-order valence-corrected chi connectivity index (χ0v) is 10.7. The molecular formula is C12H18N2O4. The van der Waals surface area contributed by atoms with E-state index in [2.05, 4.69) is 16.1 Å². The lowest BCUT2D eigenvalue weighted by Crippen LogP contribution is -2.50. The maximum absolute atomic E-state index is 11.6. The Labute approximate surface area is 106 Å². The number of carbonyl (C=O) groups is 2. The summed E-state index contributed by atoms with van der Waals surface area (Å²) in [5, 5.41) is 11.9. The molecule has 1 saturated carbocycles. The van der Waals surface area contributed by atoms with E-state index in [4.69, 9.17) is 4.74 Å². The highest BCUT2D eigenvalue weighted by molar-refractivity contribution is 5.94. The number of ether oxygens (including phenoxy) is 2. The molecule has 18 heavy (non-hydrogen) atoms. The predicted octanol–water partition coefficient (Wildman–Crippen LogP) is 0.517. The Balaban J connectivity index is 2.55. The third kappa shape index (κ3) is 3.70. The highest BCUT2D eigenvalue weighted by Crippen LogP contribution is 2.29. The molecule has 1 amide bonds. The van der Waals surface area contributed by atoms with Crippen molar-refractivity contribution in [3.05, 3.63) is 0 Å². The van der Waals surface area contributed by atoms with E-state index in [0.29, 0.717) is 12.8 Å². The number of nitriles is 1. The van der Waals surface area contributed by atoms with Crippen molar-refractivity contribution in [2.24, 2.45) is 0 Å². The predicted molar refractivity (Wildman–Crippen MR) is 62.4 cm³/mol. The van der Waals surface area contributed by atoms with Gasteiger partial charge in [0.1, 0.15) is 12.0 Å². The average molecular weight is 254 g/mol. The Kier molecular flexibility index (Phi) is 5.10. The third-order valence-electron chi connectivity index (χ3n) is 3.24. The van der Waals surface area contributed by atoms with Gasteiger partial charge < -0.3 is 14.8 Å². The fourth-order valence-corrected chi connectivity index (χ4v) is 2.10. The Bertz CT molecular complexity index is 354. The van der Waals surface area contributed by atoms with Gasteiger partial charge in [-0.2, -0.15) is 5.26 Å². The fourth-order valence-electron chi connectivity index (χ4n) is 2.10. The quantitative estimate of drug-likeness (QED) is 0.583. The Hall–Kier alpha value is -1.61. The number of hydrogen-bond donors (Lipinski definition) is 1. The Morgan fingerprint density at radius 2 is 2.00 bits per heavy atom. The summed E-state index contributed by atoms with van der Waals surface area (Å²) in [5.74, 6) is -1.08. The van der Waals surface area contributed by atoms with Gasteiger partial charge in [-0.3, -0.25) is 9.59 Å². The first-order valence-corrected chi connectivity index (χ1v) is 5.87. The molecule has 6 nitrogen and oxygen atoms in total. The monoisotopic (exact) mass is 254 g/mol. The maximum atomic E-state index is 11.6. The number of rotatable bonds is 4. The molecule has 1 N–H and O–H groups in total. The third-order valence-corrected chi connectivity index (χ3v) is 3.24. The van der Waals surface area contributed by atoms with Gasteiger partial charge in [0.25, 0.3) is 0 Å². The molecule has 1 fully saturated rings. The first-order chi connectivity index (χ1) is 8.55. The topological polar surface area (TPSA) is 88.4 Å². The number of carbonyl (C=O) groups excluding carboxylic acids is 2. The number of methoxy groups -OCH3 is 2. The van der Waals surface area contributed by atoms with Crippen molar-refractivity contribution in [1.29, 1.82) is 5.26 Å². The van der Waals surface area contributed by atoms with Gasteiger partial charge in [0.05, 0.1) is 19.3 Å². The van der Waals surface area contributed by atoms with Gasteiger partial charge in [0, 0.05) is 7.11 Å². The summed E-state index contributed by atoms with van der Waals surface area (Å²) in [4.78, 5) is 22.6. The van der Waals surface area contributed by atoms with Gasteiger partial charge in [0.2, 0.25) is 5.91 Å². The standard InChI is InChI=1S/C12H18N2O4/c1-17-9-3-5-12(8-13,6-4-9)14-10(15)7-11(16)18-2/h9H,3-7H2,1-2H3,(H,14,15). The average Bonchev–Trinajstić information content (AvgIpc) is 2.39. The van der Waals surface area contributed by atoms with Crippen LogP contribution in [0.1, 0.15) is 32.1 Å². The fraction of sp³-hybridized carbons (Fsp3) is 0.750. The van der Waals surface area contributed by atoms with Gasteiger partial charge in [-0.1, -0.05) is 0 Å². The van der Waals surface area contributed by atoms with Crippen molar-refractivity contribution < 1.29 is 19.1 Å². The zero-order chi connectivity index (χ0) is 13.6. The van der Waals surface area contributed by atoms with Gasteiger partial charge in [-0.25, -0.2) is 0 Å². The molecule has 1 rings (SSSR count). The Morgan fingerprint density at radius 3 is 2.44 bits per heavy atom. The summed E-state index contributed by atoms with van der Waals surface area (Å²) in [6.45, 7) is 0. The molecule has 0 spiro atoms. The van der Waals surface area contributed by atoms with E-state index in [9.17, 15) is 14.9 Å². The molecule has 0 unspecified atom stereocenters. The zero-order valence-electron chi connectivity index (χ0n) is 10.7. The van der Waals surface area contributed by atoms with Gasteiger partial charge in [0.15, 0.2) is 0 Å². The Morgan fingerprint density at radius 1 is 1.39 bits per heavy atom. The largest absolute Gasteiger partial charge is 0.469 e. The van der Waals surface area contributed by atoms with E-state index in [-0.39, 0.29) is 12.5 Å². The second-order valence-corrected chi connectivity index (χ2v) is 4.43. The summed E-state index contributed by atoms with van der Waals surface area (Å²) < 4.78 is 9.63. The number of nitrogens with zero attached hydrogens (tertiary/aromatic N) is 1. The molecule has 0 saturated heterocycles. The van der Waals surface area contributed by atoms with E-state index in [0.717, 1.165) is 12.8 Å². The van der Waals surface area contributed by atoms with Crippen molar-refractivity contribution in [1.82, 2.24) is 5.32 Å². The lowest BCUT2D eigenvalue weighted by atomic mass is 9.81. The molecule has 0 atom stereocenters. The van der Waals surface area contributed by atoms with Crippen LogP contribution in [0.25, 0.3) is 0 Å². The second kappa shape index (κ2) is 6.36. The van der Waals surface area contributed by atoms with E-state index < -0.39 is 17.4 Å².